The first-order valence-electron chi connectivity index (χ1n) is 7.06. The molecule has 1 saturated carbocycles. The quantitative estimate of drug-likeness (QED) is 0.421. The third kappa shape index (κ3) is 4.44. The standard InChI is InChI=1S/C16H19IO3S/c1-14-5-7-15(8-6-14)21(18,19)20-13-16(11-12-17)9-3-2-4-10-16/h5-8H,2-4,9-10,13H2,1H3. The molecule has 1 fully saturated rings. The minimum atomic E-state index is -3.70. The van der Waals surface area contributed by atoms with Crippen molar-refractivity contribution >= 4 is 32.7 Å². The van der Waals surface area contributed by atoms with Gasteiger partial charge in [0.05, 0.1) is 16.9 Å². The van der Waals surface area contributed by atoms with Crippen molar-refractivity contribution in [2.45, 2.75) is 43.9 Å². The molecule has 0 heterocycles. The second-order valence-electron chi connectivity index (χ2n) is 5.59. The molecule has 5 heteroatoms. The summed E-state index contributed by atoms with van der Waals surface area (Å²) in [5.41, 5.74) is 0.713. The number of hydrogen-bond donors (Lipinski definition) is 0. The van der Waals surface area contributed by atoms with Crippen LogP contribution < -0.4 is 0 Å². The summed E-state index contributed by atoms with van der Waals surface area (Å²) >= 11 is 2.01. The molecule has 0 aromatic heterocycles. The average molecular weight is 418 g/mol. The van der Waals surface area contributed by atoms with Gasteiger partial charge < -0.3 is 0 Å². The molecule has 2 rings (SSSR count). The summed E-state index contributed by atoms with van der Waals surface area (Å²) in [5, 5.41) is 0. The Balaban J connectivity index is 2.12. The lowest BCUT2D eigenvalue weighted by atomic mass is 9.75. The van der Waals surface area contributed by atoms with Crippen molar-refractivity contribution in [2.24, 2.45) is 5.41 Å². The van der Waals surface area contributed by atoms with Crippen LogP contribution in [0, 0.1) is 22.2 Å². The highest BCUT2D eigenvalue weighted by Crippen LogP contribution is 2.37. The Bertz CT molecular complexity index is 632. The van der Waals surface area contributed by atoms with Crippen molar-refractivity contribution in [1.29, 1.82) is 0 Å². The lowest BCUT2D eigenvalue weighted by Gasteiger charge is -2.31. The van der Waals surface area contributed by atoms with Gasteiger partial charge in [0.15, 0.2) is 0 Å². The van der Waals surface area contributed by atoms with E-state index < -0.39 is 10.1 Å². The van der Waals surface area contributed by atoms with Crippen LogP contribution in [-0.2, 0) is 14.3 Å². The molecule has 1 aromatic carbocycles. The van der Waals surface area contributed by atoms with E-state index in [1.807, 2.05) is 29.5 Å². The van der Waals surface area contributed by atoms with E-state index in [9.17, 15) is 8.42 Å². The Morgan fingerprint density at radius 1 is 1.19 bits per heavy atom. The highest BCUT2D eigenvalue weighted by Gasteiger charge is 2.33. The number of rotatable bonds is 4. The molecule has 0 aliphatic heterocycles. The minimum absolute atomic E-state index is 0.152. The molecular weight excluding hydrogens is 399 g/mol. The van der Waals surface area contributed by atoms with Gasteiger partial charge in [-0.05, 0) is 35.8 Å². The molecule has 0 bridgehead atoms. The van der Waals surface area contributed by atoms with E-state index in [1.54, 1.807) is 24.3 Å². The van der Waals surface area contributed by atoms with Crippen LogP contribution in [0.1, 0.15) is 37.7 Å². The van der Waals surface area contributed by atoms with Gasteiger partial charge in [-0.2, -0.15) is 8.42 Å². The number of benzene rings is 1. The van der Waals surface area contributed by atoms with E-state index in [4.69, 9.17) is 4.18 Å². The molecule has 3 nitrogen and oxygen atoms in total. The Kier molecular flexibility index (Phi) is 5.69. The lowest BCUT2D eigenvalue weighted by Crippen LogP contribution is -2.29. The van der Waals surface area contributed by atoms with E-state index in [-0.39, 0.29) is 16.9 Å². The van der Waals surface area contributed by atoms with Crippen molar-refractivity contribution in [3.8, 4) is 9.85 Å². The van der Waals surface area contributed by atoms with Crippen LogP contribution in [0.3, 0.4) is 0 Å². The molecule has 21 heavy (non-hydrogen) atoms. The first-order chi connectivity index (χ1) is 9.97. The fourth-order valence-corrected chi connectivity index (χ4v) is 4.16. The van der Waals surface area contributed by atoms with Gasteiger partial charge in [0, 0.05) is 22.6 Å². The van der Waals surface area contributed by atoms with Crippen LogP contribution in [0.5, 0.6) is 0 Å². The SMILES string of the molecule is Cc1ccc(S(=O)(=O)OCC2(C#CI)CCCCC2)cc1. The van der Waals surface area contributed by atoms with Crippen LogP contribution >= 0.6 is 22.6 Å². The summed E-state index contributed by atoms with van der Waals surface area (Å²) in [6.45, 7) is 2.07. The van der Waals surface area contributed by atoms with E-state index in [2.05, 4.69) is 9.85 Å². The monoisotopic (exact) mass is 418 g/mol. The molecule has 1 aliphatic carbocycles. The van der Waals surface area contributed by atoms with Crippen molar-refractivity contribution in [2.75, 3.05) is 6.61 Å². The van der Waals surface area contributed by atoms with Crippen LogP contribution in [0.2, 0.25) is 0 Å². The molecule has 0 radical (unpaired) electrons. The van der Waals surface area contributed by atoms with E-state index in [0.717, 1.165) is 31.2 Å². The summed E-state index contributed by atoms with van der Waals surface area (Å²) in [6.07, 6.45) is 5.17. The Morgan fingerprint density at radius 2 is 1.81 bits per heavy atom. The van der Waals surface area contributed by atoms with Crippen LogP contribution in [0.15, 0.2) is 29.2 Å². The molecule has 1 aliphatic rings. The highest BCUT2D eigenvalue weighted by molar-refractivity contribution is 14.1. The van der Waals surface area contributed by atoms with E-state index >= 15 is 0 Å². The average Bonchev–Trinajstić information content (AvgIpc) is 2.47. The molecule has 114 valence electrons. The Hall–Kier alpha value is -0.580. The van der Waals surface area contributed by atoms with Crippen molar-refractivity contribution in [3.63, 3.8) is 0 Å². The zero-order valence-corrected chi connectivity index (χ0v) is 15.0. The smallest absolute Gasteiger partial charge is 0.265 e. The molecule has 1 aromatic rings. The second kappa shape index (κ2) is 7.12. The van der Waals surface area contributed by atoms with Gasteiger partial charge in [0.2, 0.25) is 0 Å². The fraction of sp³-hybridized carbons (Fsp3) is 0.500. The van der Waals surface area contributed by atoms with Gasteiger partial charge in [0.1, 0.15) is 0 Å². The van der Waals surface area contributed by atoms with E-state index in [0.29, 0.717) is 0 Å². The number of halogens is 1. The minimum Gasteiger partial charge on any atom is -0.265 e. The molecule has 0 N–H and O–H groups in total. The predicted octanol–water partition coefficient (Wildman–Crippen LogP) is 4.05. The third-order valence-corrected chi connectivity index (χ3v) is 5.47. The van der Waals surface area contributed by atoms with Gasteiger partial charge in [-0.3, -0.25) is 4.18 Å². The molecule has 0 unspecified atom stereocenters. The van der Waals surface area contributed by atoms with E-state index in [1.165, 1.54) is 6.42 Å². The third-order valence-electron chi connectivity index (χ3n) is 3.92. The van der Waals surface area contributed by atoms with Gasteiger partial charge in [-0.25, -0.2) is 0 Å². The molecular formula is C16H19IO3S. The Morgan fingerprint density at radius 3 is 2.38 bits per heavy atom. The van der Waals surface area contributed by atoms with Gasteiger partial charge in [-0.1, -0.05) is 42.9 Å². The largest absolute Gasteiger partial charge is 0.297 e. The zero-order valence-electron chi connectivity index (χ0n) is 12.1. The Labute approximate surface area is 140 Å². The molecule has 0 amide bonds. The molecule has 0 atom stereocenters. The maximum atomic E-state index is 12.3. The first-order valence-corrected chi connectivity index (χ1v) is 9.55. The summed E-state index contributed by atoms with van der Waals surface area (Å²) < 4.78 is 32.7. The maximum absolute atomic E-state index is 12.3. The van der Waals surface area contributed by atoms with Gasteiger partial charge in [-0.15, -0.1) is 0 Å². The summed E-state index contributed by atoms with van der Waals surface area (Å²) in [5.74, 6) is 3.18. The number of aryl methyl sites for hydroxylation is 1. The van der Waals surface area contributed by atoms with Gasteiger partial charge in [0.25, 0.3) is 10.1 Å². The summed E-state index contributed by atoms with van der Waals surface area (Å²) in [6, 6.07) is 6.72. The fourth-order valence-electron chi connectivity index (χ4n) is 2.60. The topological polar surface area (TPSA) is 43.4 Å². The summed E-state index contributed by atoms with van der Waals surface area (Å²) in [4.78, 5) is 0.210. The van der Waals surface area contributed by atoms with Crippen molar-refractivity contribution in [3.05, 3.63) is 29.8 Å². The predicted molar refractivity (Wildman–Crippen MR) is 91.6 cm³/mol. The summed E-state index contributed by atoms with van der Waals surface area (Å²) in [7, 11) is -3.70. The van der Waals surface area contributed by atoms with Crippen LogP contribution in [0.4, 0.5) is 0 Å². The zero-order chi connectivity index (χ0) is 15.3. The normalized spacial score (nSPS) is 17.8. The van der Waals surface area contributed by atoms with Gasteiger partial charge >= 0.3 is 0 Å². The molecule has 0 saturated heterocycles. The number of hydrogen-bond acceptors (Lipinski definition) is 3. The lowest BCUT2D eigenvalue weighted by molar-refractivity contribution is 0.157. The van der Waals surface area contributed by atoms with Crippen molar-refractivity contribution in [1.82, 2.24) is 0 Å². The first kappa shape index (κ1) is 16.8. The maximum Gasteiger partial charge on any atom is 0.297 e. The second-order valence-corrected chi connectivity index (χ2v) is 7.74. The van der Waals surface area contributed by atoms with Crippen LogP contribution in [-0.4, -0.2) is 15.0 Å². The van der Waals surface area contributed by atoms with Crippen molar-refractivity contribution < 1.29 is 12.6 Å². The molecule has 0 spiro atoms. The highest BCUT2D eigenvalue weighted by atomic mass is 127. The van der Waals surface area contributed by atoms with Crippen LogP contribution in [0.25, 0.3) is 0 Å².